The summed E-state index contributed by atoms with van der Waals surface area (Å²) in [7, 11) is 2.10. The van der Waals surface area contributed by atoms with Crippen LogP contribution in [0.15, 0.2) is 18.6 Å². The molecule has 0 N–H and O–H groups in total. The van der Waals surface area contributed by atoms with Crippen molar-refractivity contribution in [3.05, 3.63) is 24.3 Å². The first-order valence-corrected chi connectivity index (χ1v) is 4.26. The van der Waals surface area contributed by atoms with E-state index in [0.717, 1.165) is 18.8 Å². The summed E-state index contributed by atoms with van der Waals surface area (Å²) in [5.41, 5.74) is 1.08. The fourth-order valence-corrected chi connectivity index (χ4v) is 1.15. The van der Waals surface area contributed by atoms with Crippen molar-refractivity contribution >= 4 is 0 Å². The maximum atomic E-state index is 4.15. The van der Waals surface area contributed by atoms with Gasteiger partial charge in [0.2, 0.25) is 0 Å². The first kappa shape index (κ1) is 9.13. The molecule has 0 atom stereocenters. The number of nitrogens with zero attached hydrogens (tertiary/aromatic N) is 3. The molecule has 0 aliphatic heterocycles. The molecule has 0 amide bonds. The monoisotopic (exact) mass is 165 g/mol. The molecule has 66 valence electrons. The Bertz CT molecular complexity index is 210. The standard InChI is InChI=1S/C9H15N3/c1-3-6-12(2)7-9-4-5-10-8-11-9/h4-5,8H,3,6-7H2,1-2H3. The highest BCUT2D eigenvalue weighted by atomic mass is 15.1. The second-order valence-electron chi connectivity index (χ2n) is 2.94. The first-order chi connectivity index (χ1) is 5.83. The molecule has 0 spiro atoms. The maximum absolute atomic E-state index is 4.15. The number of hydrogen-bond donors (Lipinski definition) is 0. The van der Waals surface area contributed by atoms with Gasteiger partial charge in [-0.05, 0) is 26.1 Å². The first-order valence-electron chi connectivity index (χ1n) is 4.26. The molecule has 1 aromatic heterocycles. The minimum atomic E-state index is 0.913. The predicted molar refractivity (Wildman–Crippen MR) is 48.7 cm³/mol. The van der Waals surface area contributed by atoms with Crippen molar-refractivity contribution in [2.24, 2.45) is 0 Å². The largest absolute Gasteiger partial charge is 0.301 e. The quantitative estimate of drug-likeness (QED) is 0.673. The molecule has 0 bridgehead atoms. The molecule has 0 aliphatic carbocycles. The van der Waals surface area contributed by atoms with Crippen molar-refractivity contribution < 1.29 is 0 Å². The third kappa shape index (κ3) is 2.96. The van der Waals surface area contributed by atoms with Crippen LogP contribution in [-0.4, -0.2) is 28.5 Å². The Morgan fingerprint density at radius 3 is 2.92 bits per heavy atom. The maximum Gasteiger partial charge on any atom is 0.115 e. The van der Waals surface area contributed by atoms with Crippen LogP contribution in [-0.2, 0) is 6.54 Å². The molecule has 0 aromatic carbocycles. The van der Waals surface area contributed by atoms with Crippen LogP contribution in [0.25, 0.3) is 0 Å². The Labute approximate surface area is 73.5 Å². The van der Waals surface area contributed by atoms with E-state index < -0.39 is 0 Å². The van der Waals surface area contributed by atoms with Gasteiger partial charge in [0.05, 0.1) is 5.69 Å². The summed E-state index contributed by atoms with van der Waals surface area (Å²) < 4.78 is 0. The molecule has 12 heavy (non-hydrogen) atoms. The van der Waals surface area contributed by atoms with Gasteiger partial charge >= 0.3 is 0 Å². The molecule has 0 radical (unpaired) electrons. The van der Waals surface area contributed by atoms with Gasteiger partial charge in [-0.1, -0.05) is 6.92 Å². The van der Waals surface area contributed by atoms with Crippen LogP contribution in [0.2, 0.25) is 0 Å². The summed E-state index contributed by atoms with van der Waals surface area (Å²) in [5.74, 6) is 0. The summed E-state index contributed by atoms with van der Waals surface area (Å²) in [6, 6.07) is 1.95. The minimum absolute atomic E-state index is 0.913. The molecule has 1 aromatic rings. The van der Waals surface area contributed by atoms with Crippen LogP contribution in [0.5, 0.6) is 0 Å². The normalized spacial score (nSPS) is 10.6. The van der Waals surface area contributed by atoms with E-state index in [1.165, 1.54) is 6.42 Å². The van der Waals surface area contributed by atoms with Crippen LogP contribution in [0.4, 0.5) is 0 Å². The van der Waals surface area contributed by atoms with E-state index in [0.29, 0.717) is 0 Å². The molecule has 3 heteroatoms. The van der Waals surface area contributed by atoms with Gasteiger partial charge in [-0.25, -0.2) is 9.97 Å². The van der Waals surface area contributed by atoms with E-state index in [1.807, 2.05) is 6.07 Å². The zero-order valence-electron chi connectivity index (χ0n) is 7.70. The second kappa shape index (κ2) is 4.83. The smallest absolute Gasteiger partial charge is 0.115 e. The lowest BCUT2D eigenvalue weighted by atomic mass is 10.3. The molecule has 0 fully saturated rings. The molecular weight excluding hydrogens is 150 g/mol. The van der Waals surface area contributed by atoms with Crippen molar-refractivity contribution in [1.82, 2.24) is 14.9 Å². The Morgan fingerprint density at radius 2 is 2.33 bits per heavy atom. The summed E-state index contributed by atoms with van der Waals surface area (Å²) >= 11 is 0. The number of aromatic nitrogens is 2. The van der Waals surface area contributed by atoms with Crippen molar-refractivity contribution in [2.45, 2.75) is 19.9 Å². The predicted octanol–water partition coefficient (Wildman–Crippen LogP) is 1.32. The van der Waals surface area contributed by atoms with Gasteiger partial charge in [-0.3, -0.25) is 0 Å². The molecule has 0 saturated heterocycles. The van der Waals surface area contributed by atoms with Crippen LogP contribution >= 0.6 is 0 Å². The lowest BCUT2D eigenvalue weighted by Crippen LogP contribution is -2.19. The molecular formula is C9H15N3. The molecule has 3 nitrogen and oxygen atoms in total. The third-order valence-corrected chi connectivity index (χ3v) is 1.68. The minimum Gasteiger partial charge on any atom is -0.301 e. The Balaban J connectivity index is 2.41. The van der Waals surface area contributed by atoms with Gasteiger partial charge in [0.25, 0.3) is 0 Å². The van der Waals surface area contributed by atoms with Gasteiger partial charge in [0.15, 0.2) is 0 Å². The number of hydrogen-bond acceptors (Lipinski definition) is 3. The summed E-state index contributed by atoms with van der Waals surface area (Å²) in [6.07, 6.45) is 4.55. The fraction of sp³-hybridized carbons (Fsp3) is 0.556. The molecule has 0 aliphatic rings. The highest BCUT2D eigenvalue weighted by molar-refractivity contribution is 4.96. The Hall–Kier alpha value is -0.960. The summed E-state index contributed by atoms with van der Waals surface area (Å²) in [5, 5.41) is 0. The van der Waals surface area contributed by atoms with E-state index in [1.54, 1.807) is 12.5 Å². The van der Waals surface area contributed by atoms with Gasteiger partial charge in [0.1, 0.15) is 6.33 Å². The lowest BCUT2D eigenvalue weighted by molar-refractivity contribution is 0.323. The van der Waals surface area contributed by atoms with E-state index in [4.69, 9.17) is 0 Å². The zero-order valence-corrected chi connectivity index (χ0v) is 7.70. The highest BCUT2D eigenvalue weighted by Gasteiger charge is 1.98. The van der Waals surface area contributed by atoms with E-state index in [-0.39, 0.29) is 0 Å². The highest BCUT2D eigenvalue weighted by Crippen LogP contribution is 1.97. The van der Waals surface area contributed by atoms with Crippen LogP contribution in [0.3, 0.4) is 0 Å². The Kier molecular flexibility index (Phi) is 3.67. The number of rotatable bonds is 4. The second-order valence-corrected chi connectivity index (χ2v) is 2.94. The van der Waals surface area contributed by atoms with Gasteiger partial charge in [-0.2, -0.15) is 0 Å². The zero-order chi connectivity index (χ0) is 8.81. The third-order valence-electron chi connectivity index (χ3n) is 1.68. The van der Waals surface area contributed by atoms with Crippen LogP contribution in [0.1, 0.15) is 19.0 Å². The molecule has 0 saturated carbocycles. The van der Waals surface area contributed by atoms with E-state index in [2.05, 4.69) is 28.8 Å². The molecule has 1 rings (SSSR count). The van der Waals surface area contributed by atoms with E-state index in [9.17, 15) is 0 Å². The SMILES string of the molecule is CCCN(C)Cc1ccncn1. The molecule has 0 unspecified atom stereocenters. The Morgan fingerprint density at radius 1 is 1.50 bits per heavy atom. The summed E-state index contributed by atoms with van der Waals surface area (Å²) in [4.78, 5) is 10.3. The van der Waals surface area contributed by atoms with Crippen molar-refractivity contribution in [2.75, 3.05) is 13.6 Å². The average Bonchev–Trinajstić information content (AvgIpc) is 2.06. The van der Waals surface area contributed by atoms with Gasteiger partial charge in [-0.15, -0.1) is 0 Å². The average molecular weight is 165 g/mol. The van der Waals surface area contributed by atoms with Crippen molar-refractivity contribution in [3.63, 3.8) is 0 Å². The lowest BCUT2D eigenvalue weighted by Gasteiger charge is -2.13. The summed E-state index contributed by atoms with van der Waals surface area (Å²) in [6.45, 7) is 4.21. The topological polar surface area (TPSA) is 29.0 Å². The fourth-order valence-electron chi connectivity index (χ4n) is 1.15. The van der Waals surface area contributed by atoms with Gasteiger partial charge < -0.3 is 4.90 Å². The van der Waals surface area contributed by atoms with Crippen molar-refractivity contribution in [1.29, 1.82) is 0 Å². The van der Waals surface area contributed by atoms with Crippen molar-refractivity contribution in [3.8, 4) is 0 Å². The molecule has 1 heterocycles. The van der Waals surface area contributed by atoms with Crippen LogP contribution < -0.4 is 0 Å². The van der Waals surface area contributed by atoms with Gasteiger partial charge in [0, 0.05) is 12.7 Å². The van der Waals surface area contributed by atoms with Crippen LogP contribution in [0, 0.1) is 0 Å². The van der Waals surface area contributed by atoms with E-state index >= 15 is 0 Å².